The number of nitrogens with zero attached hydrogens (tertiary/aromatic N) is 2. The van der Waals surface area contributed by atoms with E-state index < -0.39 is 10.0 Å². The van der Waals surface area contributed by atoms with E-state index in [-0.39, 0.29) is 5.03 Å². The van der Waals surface area contributed by atoms with Crippen LogP contribution in [0.4, 0.5) is 0 Å². The van der Waals surface area contributed by atoms with Crippen molar-refractivity contribution in [3.05, 3.63) is 12.3 Å². The van der Waals surface area contributed by atoms with Gasteiger partial charge in [-0.2, -0.15) is 9.40 Å². The summed E-state index contributed by atoms with van der Waals surface area (Å²) in [6.45, 7) is 1.47. The molecular formula is C9H18N4O3S. The van der Waals surface area contributed by atoms with E-state index in [4.69, 9.17) is 10.5 Å². The van der Waals surface area contributed by atoms with Crippen molar-refractivity contribution < 1.29 is 13.2 Å². The summed E-state index contributed by atoms with van der Waals surface area (Å²) in [5.41, 5.74) is 5.39. The predicted octanol–water partition coefficient (Wildman–Crippen LogP) is -0.604. The fourth-order valence-electron chi connectivity index (χ4n) is 1.34. The van der Waals surface area contributed by atoms with Crippen molar-refractivity contribution >= 4 is 10.0 Å². The number of nitrogens with one attached hydrogen (secondary N) is 1. The third-order valence-electron chi connectivity index (χ3n) is 2.25. The standard InChI is InChI=1S/C9H18N4O3S/c1-16-8-7-13(6-2-4-10)17(14,15)9-3-5-11-12-9/h3,5H,2,4,6-8,10H2,1H3,(H,11,12). The van der Waals surface area contributed by atoms with Crippen LogP contribution in [0, 0.1) is 0 Å². The average molecular weight is 262 g/mol. The first-order valence-electron chi connectivity index (χ1n) is 5.31. The molecule has 8 heteroatoms. The van der Waals surface area contributed by atoms with E-state index in [0.29, 0.717) is 32.7 Å². The molecule has 1 heterocycles. The number of hydrogen-bond donors (Lipinski definition) is 2. The Morgan fingerprint density at radius 3 is 2.82 bits per heavy atom. The smallest absolute Gasteiger partial charge is 0.260 e. The topological polar surface area (TPSA) is 101 Å². The molecule has 3 N–H and O–H groups in total. The maximum Gasteiger partial charge on any atom is 0.260 e. The third-order valence-corrected chi connectivity index (χ3v) is 4.08. The molecule has 0 fully saturated rings. The van der Waals surface area contributed by atoms with Gasteiger partial charge in [0.1, 0.15) is 0 Å². The van der Waals surface area contributed by atoms with Crippen molar-refractivity contribution in [3.63, 3.8) is 0 Å². The molecule has 0 bridgehead atoms. The van der Waals surface area contributed by atoms with E-state index in [1.807, 2.05) is 0 Å². The molecule has 98 valence electrons. The highest BCUT2D eigenvalue weighted by atomic mass is 32.2. The zero-order valence-electron chi connectivity index (χ0n) is 9.80. The minimum Gasteiger partial charge on any atom is -0.383 e. The molecule has 0 aromatic carbocycles. The van der Waals surface area contributed by atoms with Crippen molar-refractivity contribution in [1.29, 1.82) is 0 Å². The summed E-state index contributed by atoms with van der Waals surface area (Å²) in [5, 5.41) is 6.19. The van der Waals surface area contributed by atoms with Crippen LogP contribution in [-0.2, 0) is 14.8 Å². The average Bonchev–Trinajstić information content (AvgIpc) is 2.83. The molecule has 0 radical (unpaired) electrons. The SMILES string of the molecule is COCCN(CCCN)S(=O)(=O)c1ccn[nH]1. The number of aromatic amines is 1. The van der Waals surface area contributed by atoms with E-state index in [0.717, 1.165) is 0 Å². The minimum atomic E-state index is -3.52. The highest BCUT2D eigenvalue weighted by Crippen LogP contribution is 2.12. The first kappa shape index (κ1) is 14.1. The lowest BCUT2D eigenvalue weighted by Crippen LogP contribution is -2.35. The number of H-pyrrole nitrogens is 1. The molecule has 0 saturated carbocycles. The summed E-state index contributed by atoms with van der Waals surface area (Å²) < 4.78 is 30.6. The zero-order valence-corrected chi connectivity index (χ0v) is 10.6. The Morgan fingerprint density at radius 2 is 2.29 bits per heavy atom. The molecule has 1 aromatic rings. The Bertz CT molecular complexity index is 396. The van der Waals surface area contributed by atoms with Gasteiger partial charge in [0.2, 0.25) is 0 Å². The van der Waals surface area contributed by atoms with E-state index in [1.54, 1.807) is 0 Å². The van der Waals surface area contributed by atoms with Crippen LogP contribution in [0.2, 0.25) is 0 Å². The van der Waals surface area contributed by atoms with Gasteiger partial charge in [0.05, 0.1) is 12.8 Å². The van der Waals surface area contributed by atoms with Crippen molar-refractivity contribution in [3.8, 4) is 0 Å². The molecule has 17 heavy (non-hydrogen) atoms. The number of aromatic nitrogens is 2. The Hall–Kier alpha value is -0.960. The Labute approximate surface area is 101 Å². The summed E-state index contributed by atoms with van der Waals surface area (Å²) in [6.07, 6.45) is 2.02. The van der Waals surface area contributed by atoms with Gasteiger partial charge in [-0.05, 0) is 19.0 Å². The fourth-order valence-corrected chi connectivity index (χ4v) is 2.70. The van der Waals surface area contributed by atoms with Crippen LogP contribution in [0.15, 0.2) is 17.3 Å². The molecule has 0 aliphatic rings. The molecule has 0 saturated heterocycles. The summed E-state index contributed by atoms with van der Waals surface area (Å²) in [6, 6.07) is 1.43. The van der Waals surface area contributed by atoms with Gasteiger partial charge in [-0.15, -0.1) is 0 Å². The van der Waals surface area contributed by atoms with Crippen LogP contribution in [0.1, 0.15) is 6.42 Å². The number of nitrogens with two attached hydrogens (primary N) is 1. The maximum atomic E-state index is 12.2. The maximum absolute atomic E-state index is 12.2. The molecule has 0 aliphatic carbocycles. The van der Waals surface area contributed by atoms with Crippen molar-refractivity contribution in [2.24, 2.45) is 5.73 Å². The van der Waals surface area contributed by atoms with Gasteiger partial charge in [0.25, 0.3) is 10.0 Å². The highest BCUT2D eigenvalue weighted by molar-refractivity contribution is 7.89. The van der Waals surface area contributed by atoms with Crippen molar-refractivity contribution in [2.45, 2.75) is 11.4 Å². The lowest BCUT2D eigenvalue weighted by Gasteiger charge is -2.20. The summed E-state index contributed by atoms with van der Waals surface area (Å²) in [5.74, 6) is 0. The normalized spacial score (nSPS) is 12.2. The largest absolute Gasteiger partial charge is 0.383 e. The number of rotatable bonds is 8. The van der Waals surface area contributed by atoms with E-state index in [9.17, 15) is 8.42 Å². The first-order valence-corrected chi connectivity index (χ1v) is 6.75. The Kier molecular flexibility index (Phi) is 5.56. The molecule has 1 rings (SSSR count). The minimum absolute atomic E-state index is 0.0885. The Morgan fingerprint density at radius 1 is 1.53 bits per heavy atom. The number of hydrogen-bond acceptors (Lipinski definition) is 5. The molecule has 0 atom stereocenters. The van der Waals surface area contributed by atoms with Crippen LogP contribution in [0.5, 0.6) is 0 Å². The van der Waals surface area contributed by atoms with E-state index in [2.05, 4.69) is 10.2 Å². The molecule has 0 amide bonds. The molecule has 7 nitrogen and oxygen atoms in total. The zero-order chi connectivity index (χ0) is 12.7. The third kappa shape index (κ3) is 3.77. The van der Waals surface area contributed by atoms with Gasteiger partial charge in [-0.3, -0.25) is 5.10 Å². The van der Waals surface area contributed by atoms with Gasteiger partial charge < -0.3 is 10.5 Å². The molecular weight excluding hydrogens is 244 g/mol. The van der Waals surface area contributed by atoms with Crippen molar-refractivity contribution in [1.82, 2.24) is 14.5 Å². The van der Waals surface area contributed by atoms with E-state index >= 15 is 0 Å². The van der Waals surface area contributed by atoms with Crippen LogP contribution >= 0.6 is 0 Å². The van der Waals surface area contributed by atoms with Gasteiger partial charge in [-0.25, -0.2) is 8.42 Å². The van der Waals surface area contributed by atoms with Crippen LogP contribution in [0.25, 0.3) is 0 Å². The summed E-state index contributed by atoms with van der Waals surface area (Å²) in [4.78, 5) is 0. The molecule has 0 unspecified atom stereocenters. The second-order valence-corrected chi connectivity index (χ2v) is 5.37. The van der Waals surface area contributed by atoms with Gasteiger partial charge in [0.15, 0.2) is 5.03 Å². The number of ether oxygens (including phenoxy) is 1. The summed E-state index contributed by atoms with van der Waals surface area (Å²) >= 11 is 0. The lowest BCUT2D eigenvalue weighted by molar-refractivity contribution is 0.178. The van der Waals surface area contributed by atoms with Crippen molar-refractivity contribution in [2.75, 3.05) is 33.4 Å². The van der Waals surface area contributed by atoms with Crippen LogP contribution in [0.3, 0.4) is 0 Å². The first-order chi connectivity index (χ1) is 8.12. The number of sulfonamides is 1. The molecule has 1 aromatic heterocycles. The van der Waals surface area contributed by atoms with Crippen LogP contribution < -0.4 is 5.73 Å². The summed E-state index contributed by atoms with van der Waals surface area (Å²) in [7, 11) is -1.99. The highest BCUT2D eigenvalue weighted by Gasteiger charge is 2.24. The quantitative estimate of drug-likeness (QED) is 0.651. The Balaban J connectivity index is 2.80. The molecule has 0 aliphatic heterocycles. The second kappa shape index (κ2) is 6.70. The van der Waals surface area contributed by atoms with E-state index in [1.165, 1.54) is 23.7 Å². The van der Waals surface area contributed by atoms with Gasteiger partial charge in [-0.1, -0.05) is 0 Å². The monoisotopic (exact) mass is 262 g/mol. The molecule has 0 spiro atoms. The lowest BCUT2D eigenvalue weighted by atomic mass is 10.4. The fraction of sp³-hybridized carbons (Fsp3) is 0.667. The van der Waals surface area contributed by atoms with Gasteiger partial charge in [0, 0.05) is 20.2 Å². The van der Waals surface area contributed by atoms with Gasteiger partial charge >= 0.3 is 0 Å². The van der Waals surface area contributed by atoms with Crippen LogP contribution in [-0.4, -0.2) is 56.3 Å². The number of methoxy groups -OCH3 is 1. The second-order valence-electron chi connectivity index (χ2n) is 3.46. The predicted molar refractivity (Wildman–Crippen MR) is 62.9 cm³/mol.